The molecule has 0 saturated carbocycles. The number of hydrogen-bond donors (Lipinski definition) is 1. The minimum atomic E-state index is -0.0480. The van der Waals surface area contributed by atoms with Gasteiger partial charge in [0, 0.05) is 37.4 Å². The van der Waals surface area contributed by atoms with Crippen LogP contribution < -0.4 is 10.2 Å². The Morgan fingerprint density at radius 3 is 2.83 bits per heavy atom. The Bertz CT molecular complexity index is 956. The highest BCUT2D eigenvalue weighted by molar-refractivity contribution is 6.30. The standard InChI is InChI=1S/C23H25ClN4O/c24-19-6-4-17(5-7-19)18-8-11-27(12-9-18)15-16-13-20-22(25-14-16)28-10-2-1-3-21(28)23(29)26-20/h4-8,13-14,21H,1-3,9-12,15H2,(H,26,29)/t21-/m0/s1. The molecule has 0 unspecified atom stereocenters. The summed E-state index contributed by atoms with van der Waals surface area (Å²) in [7, 11) is 0. The minimum Gasteiger partial charge on any atom is -0.343 e. The summed E-state index contributed by atoms with van der Waals surface area (Å²) in [6.07, 6.45) is 8.46. The Kier molecular flexibility index (Phi) is 5.02. The third-order valence-corrected chi connectivity index (χ3v) is 6.43. The molecule has 4 heterocycles. The summed E-state index contributed by atoms with van der Waals surface area (Å²) in [6.45, 7) is 3.67. The molecule has 0 spiro atoms. The first kappa shape index (κ1) is 18.6. The second-order valence-electron chi connectivity index (χ2n) is 8.13. The van der Waals surface area contributed by atoms with Crippen LogP contribution in [0, 0.1) is 0 Å². The summed E-state index contributed by atoms with van der Waals surface area (Å²) in [4.78, 5) is 21.8. The molecule has 2 aromatic rings. The van der Waals surface area contributed by atoms with E-state index in [0.717, 1.165) is 74.0 Å². The summed E-state index contributed by atoms with van der Waals surface area (Å²) in [5.74, 6) is 1.05. The molecule has 0 bridgehead atoms. The zero-order chi connectivity index (χ0) is 19.8. The van der Waals surface area contributed by atoms with E-state index < -0.39 is 0 Å². The second kappa shape index (κ2) is 7.81. The van der Waals surface area contributed by atoms with Gasteiger partial charge in [-0.1, -0.05) is 29.8 Å². The maximum Gasteiger partial charge on any atom is 0.247 e. The molecule has 5 rings (SSSR count). The molecule has 3 aliphatic rings. The number of carbonyl (C=O) groups is 1. The highest BCUT2D eigenvalue weighted by atomic mass is 35.5. The van der Waals surface area contributed by atoms with Gasteiger partial charge in [0.15, 0.2) is 5.82 Å². The van der Waals surface area contributed by atoms with Crippen molar-refractivity contribution in [1.29, 1.82) is 0 Å². The van der Waals surface area contributed by atoms with E-state index >= 15 is 0 Å². The van der Waals surface area contributed by atoms with Crippen LogP contribution in [-0.2, 0) is 11.3 Å². The normalized spacial score (nSPS) is 21.8. The Morgan fingerprint density at radius 2 is 2.03 bits per heavy atom. The van der Waals surface area contributed by atoms with Crippen molar-refractivity contribution in [3.05, 3.63) is 58.8 Å². The van der Waals surface area contributed by atoms with Crippen LogP contribution in [0.1, 0.15) is 36.8 Å². The number of carbonyl (C=O) groups excluding carboxylic acids is 1. The number of benzene rings is 1. The molecular formula is C23H25ClN4O. The van der Waals surface area contributed by atoms with E-state index in [4.69, 9.17) is 16.6 Å². The summed E-state index contributed by atoms with van der Waals surface area (Å²) in [5, 5.41) is 3.86. The third-order valence-electron chi connectivity index (χ3n) is 6.17. The summed E-state index contributed by atoms with van der Waals surface area (Å²) >= 11 is 6.00. The van der Waals surface area contributed by atoms with E-state index in [1.807, 2.05) is 18.3 Å². The van der Waals surface area contributed by atoms with Crippen LogP contribution in [0.4, 0.5) is 11.5 Å². The highest BCUT2D eigenvalue weighted by Gasteiger charge is 2.35. The van der Waals surface area contributed by atoms with Gasteiger partial charge in [0.25, 0.3) is 0 Å². The van der Waals surface area contributed by atoms with Crippen LogP contribution in [-0.4, -0.2) is 41.5 Å². The van der Waals surface area contributed by atoms with Gasteiger partial charge in [-0.3, -0.25) is 9.69 Å². The number of rotatable bonds is 3. The molecule has 1 atom stereocenters. The molecule has 0 aliphatic carbocycles. The topological polar surface area (TPSA) is 48.5 Å². The maximum absolute atomic E-state index is 12.5. The quantitative estimate of drug-likeness (QED) is 0.820. The lowest BCUT2D eigenvalue weighted by Gasteiger charge is -2.40. The van der Waals surface area contributed by atoms with Gasteiger partial charge in [-0.25, -0.2) is 4.98 Å². The predicted octanol–water partition coefficient (Wildman–Crippen LogP) is 4.34. The largest absolute Gasteiger partial charge is 0.343 e. The van der Waals surface area contributed by atoms with Crippen molar-refractivity contribution in [2.45, 2.75) is 38.3 Å². The van der Waals surface area contributed by atoms with E-state index in [1.54, 1.807) is 0 Å². The van der Waals surface area contributed by atoms with Crippen LogP contribution in [0.2, 0.25) is 5.02 Å². The number of amides is 1. The molecule has 5 nitrogen and oxygen atoms in total. The molecule has 1 N–H and O–H groups in total. The monoisotopic (exact) mass is 408 g/mol. The van der Waals surface area contributed by atoms with E-state index in [2.05, 4.69) is 39.4 Å². The van der Waals surface area contributed by atoms with Gasteiger partial charge in [-0.05, 0) is 60.6 Å². The maximum atomic E-state index is 12.5. The Labute approximate surface area is 176 Å². The molecule has 3 aliphatic heterocycles. The van der Waals surface area contributed by atoms with Crippen molar-refractivity contribution < 1.29 is 4.79 Å². The number of nitrogens with zero attached hydrogens (tertiary/aromatic N) is 3. The lowest BCUT2D eigenvalue weighted by Crippen LogP contribution is -2.51. The van der Waals surface area contributed by atoms with Crippen molar-refractivity contribution in [1.82, 2.24) is 9.88 Å². The smallest absolute Gasteiger partial charge is 0.247 e. The molecule has 1 aromatic heterocycles. The fourth-order valence-corrected chi connectivity index (χ4v) is 4.75. The second-order valence-corrected chi connectivity index (χ2v) is 8.57. The first-order chi connectivity index (χ1) is 14.2. The number of pyridine rings is 1. The molecule has 29 heavy (non-hydrogen) atoms. The average Bonchev–Trinajstić information content (AvgIpc) is 2.75. The van der Waals surface area contributed by atoms with Gasteiger partial charge in [0.05, 0.1) is 5.69 Å². The molecule has 6 heteroatoms. The van der Waals surface area contributed by atoms with Gasteiger partial charge in [0.1, 0.15) is 6.04 Å². The van der Waals surface area contributed by atoms with Gasteiger partial charge in [0.2, 0.25) is 5.91 Å². The molecular weight excluding hydrogens is 384 g/mol. The van der Waals surface area contributed by atoms with Crippen LogP contribution in [0.15, 0.2) is 42.6 Å². The molecule has 1 saturated heterocycles. The highest BCUT2D eigenvalue weighted by Crippen LogP contribution is 2.35. The fourth-order valence-electron chi connectivity index (χ4n) is 4.62. The zero-order valence-electron chi connectivity index (χ0n) is 16.4. The van der Waals surface area contributed by atoms with Gasteiger partial charge in [-0.15, -0.1) is 0 Å². The number of halogens is 1. The van der Waals surface area contributed by atoms with Gasteiger partial charge in [-0.2, -0.15) is 0 Å². The number of anilines is 2. The summed E-state index contributed by atoms with van der Waals surface area (Å²) < 4.78 is 0. The van der Waals surface area contributed by atoms with Crippen molar-refractivity contribution in [3.63, 3.8) is 0 Å². The first-order valence-electron chi connectivity index (χ1n) is 10.4. The van der Waals surface area contributed by atoms with Crippen LogP contribution in [0.5, 0.6) is 0 Å². The molecule has 150 valence electrons. The van der Waals surface area contributed by atoms with Crippen LogP contribution in [0.25, 0.3) is 5.57 Å². The van der Waals surface area contributed by atoms with E-state index in [0.29, 0.717) is 0 Å². The molecule has 0 radical (unpaired) electrons. The number of nitrogens with one attached hydrogen (secondary N) is 1. The van der Waals surface area contributed by atoms with Crippen molar-refractivity contribution in [2.75, 3.05) is 29.9 Å². The Hall–Kier alpha value is -2.37. The van der Waals surface area contributed by atoms with E-state index in [1.165, 1.54) is 11.1 Å². The fraction of sp³-hybridized carbons (Fsp3) is 0.391. The molecule has 1 fully saturated rings. The summed E-state index contributed by atoms with van der Waals surface area (Å²) in [5.41, 5.74) is 4.64. The number of piperidine rings is 1. The van der Waals surface area contributed by atoms with Crippen molar-refractivity contribution in [3.8, 4) is 0 Å². The third kappa shape index (κ3) is 3.77. The average molecular weight is 409 g/mol. The lowest BCUT2D eigenvalue weighted by molar-refractivity contribution is -0.118. The number of fused-ring (bicyclic) bond motifs is 3. The number of hydrogen-bond acceptors (Lipinski definition) is 4. The SMILES string of the molecule is O=C1Nc2cc(CN3CC=C(c4ccc(Cl)cc4)CC3)cnc2N2CCCC[C@@H]12. The van der Waals surface area contributed by atoms with Crippen molar-refractivity contribution in [2.24, 2.45) is 0 Å². The van der Waals surface area contributed by atoms with E-state index in [-0.39, 0.29) is 11.9 Å². The number of aromatic nitrogens is 1. The Balaban J connectivity index is 1.28. The van der Waals surface area contributed by atoms with Crippen LogP contribution >= 0.6 is 11.6 Å². The zero-order valence-corrected chi connectivity index (χ0v) is 17.2. The van der Waals surface area contributed by atoms with Crippen molar-refractivity contribution >= 4 is 34.6 Å². The first-order valence-corrected chi connectivity index (χ1v) is 10.8. The van der Waals surface area contributed by atoms with Crippen LogP contribution in [0.3, 0.4) is 0 Å². The van der Waals surface area contributed by atoms with Gasteiger partial charge < -0.3 is 10.2 Å². The molecule has 1 aromatic carbocycles. The van der Waals surface area contributed by atoms with E-state index in [9.17, 15) is 4.79 Å². The molecule has 1 amide bonds. The Morgan fingerprint density at radius 1 is 1.17 bits per heavy atom. The minimum absolute atomic E-state index is 0.0480. The van der Waals surface area contributed by atoms with Gasteiger partial charge >= 0.3 is 0 Å². The lowest BCUT2D eigenvalue weighted by atomic mass is 9.98. The summed E-state index contributed by atoms with van der Waals surface area (Å²) in [6, 6.07) is 10.1. The predicted molar refractivity (Wildman–Crippen MR) is 117 cm³/mol.